The highest BCUT2D eigenvalue weighted by Crippen LogP contribution is 2.24. The van der Waals surface area contributed by atoms with Gasteiger partial charge in [-0.2, -0.15) is 4.31 Å². The average molecular weight is 318 g/mol. The van der Waals surface area contributed by atoms with Gasteiger partial charge in [0.05, 0.1) is 17.1 Å². The summed E-state index contributed by atoms with van der Waals surface area (Å²) in [6, 6.07) is 7.03. The predicted octanol–water partition coefficient (Wildman–Crippen LogP) is 1.37. The molecule has 1 aromatic heterocycles. The molecule has 0 fully saturated rings. The first-order valence-electron chi connectivity index (χ1n) is 7.20. The number of nitrogens with zero attached hydrogens (tertiary/aromatic N) is 3. The maximum atomic E-state index is 12.7. The summed E-state index contributed by atoms with van der Waals surface area (Å²) in [4.78, 5) is 8.43. The third-order valence-electron chi connectivity index (χ3n) is 3.90. The lowest BCUT2D eigenvalue weighted by Crippen LogP contribution is -2.36. The van der Waals surface area contributed by atoms with Gasteiger partial charge >= 0.3 is 0 Å². The molecule has 7 heteroatoms. The SMILES string of the molecule is CCc1ccc(S(=O)(=O)N2CCc3cnc(N)nc3C2)cc1. The van der Waals surface area contributed by atoms with Crippen molar-refractivity contribution < 1.29 is 8.42 Å². The van der Waals surface area contributed by atoms with Crippen LogP contribution in [0.3, 0.4) is 0 Å². The van der Waals surface area contributed by atoms with E-state index in [1.54, 1.807) is 18.3 Å². The van der Waals surface area contributed by atoms with E-state index in [2.05, 4.69) is 9.97 Å². The van der Waals surface area contributed by atoms with Crippen LogP contribution in [0.1, 0.15) is 23.7 Å². The number of nitrogen functional groups attached to an aromatic ring is 1. The zero-order chi connectivity index (χ0) is 15.7. The number of nitrogens with two attached hydrogens (primary N) is 1. The van der Waals surface area contributed by atoms with Crippen molar-refractivity contribution in [1.82, 2.24) is 14.3 Å². The summed E-state index contributed by atoms with van der Waals surface area (Å²) >= 11 is 0. The standard InChI is InChI=1S/C15H18N4O2S/c1-2-11-3-5-13(6-4-11)22(20,21)19-8-7-12-9-17-15(16)18-14(12)10-19/h3-6,9H,2,7-8,10H2,1H3,(H2,16,17,18). The minimum absolute atomic E-state index is 0.172. The van der Waals surface area contributed by atoms with Gasteiger partial charge in [-0.1, -0.05) is 19.1 Å². The van der Waals surface area contributed by atoms with E-state index in [1.807, 2.05) is 19.1 Å². The zero-order valence-electron chi connectivity index (χ0n) is 12.4. The molecule has 116 valence electrons. The zero-order valence-corrected chi connectivity index (χ0v) is 13.2. The molecule has 1 aliphatic heterocycles. The van der Waals surface area contributed by atoms with Gasteiger partial charge in [0.2, 0.25) is 16.0 Å². The Bertz CT molecular complexity index is 788. The summed E-state index contributed by atoms with van der Waals surface area (Å²) in [5.74, 6) is 0.172. The van der Waals surface area contributed by atoms with Crippen LogP contribution < -0.4 is 5.73 Å². The van der Waals surface area contributed by atoms with Crippen LogP contribution in [0.15, 0.2) is 35.4 Å². The van der Waals surface area contributed by atoms with Gasteiger partial charge in [0.15, 0.2) is 0 Å². The second kappa shape index (κ2) is 5.66. The molecule has 0 unspecified atom stereocenters. The Morgan fingerprint density at radius 2 is 2.00 bits per heavy atom. The predicted molar refractivity (Wildman–Crippen MR) is 83.6 cm³/mol. The second-order valence-electron chi connectivity index (χ2n) is 5.29. The van der Waals surface area contributed by atoms with Crippen molar-refractivity contribution >= 4 is 16.0 Å². The van der Waals surface area contributed by atoms with Crippen molar-refractivity contribution in [2.24, 2.45) is 0 Å². The van der Waals surface area contributed by atoms with E-state index >= 15 is 0 Å². The average Bonchev–Trinajstić information content (AvgIpc) is 2.54. The van der Waals surface area contributed by atoms with E-state index in [-0.39, 0.29) is 12.5 Å². The highest BCUT2D eigenvalue weighted by Gasteiger charge is 2.29. The molecule has 0 bridgehead atoms. The molecule has 3 rings (SSSR count). The Morgan fingerprint density at radius 1 is 1.27 bits per heavy atom. The van der Waals surface area contributed by atoms with Gasteiger partial charge in [0.25, 0.3) is 0 Å². The van der Waals surface area contributed by atoms with Gasteiger partial charge in [0.1, 0.15) is 0 Å². The Hall–Kier alpha value is -1.99. The van der Waals surface area contributed by atoms with E-state index < -0.39 is 10.0 Å². The molecule has 6 nitrogen and oxygen atoms in total. The molecule has 0 atom stereocenters. The Balaban J connectivity index is 1.90. The Morgan fingerprint density at radius 3 is 2.68 bits per heavy atom. The van der Waals surface area contributed by atoms with Crippen LogP contribution in [0.2, 0.25) is 0 Å². The molecule has 0 aliphatic carbocycles. The summed E-state index contributed by atoms with van der Waals surface area (Å²) in [6.07, 6.45) is 3.16. The van der Waals surface area contributed by atoms with Crippen molar-refractivity contribution in [2.45, 2.75) is 31.2 Å². The summed E-state index contributed by atoms with van der Waals surface area (Å²) in [7, 11) is -3.51. The van der Waals surface area contributed by atoms with Crippen molar-refractivity contribution in [1.29, 1.82) is 0 Å². The third-order valence-corrected chi connectivity index (χ3v) is 5.76. The molecule has 1 aliphatic rings. The molecule has 22 heavy (non-hydrogen) atoms. The fourth-order valence-electron chi connectivity index (χ4n) is 2.55. The highest BCUT2D eigenvalue weighted by molar-refractivity contribution is 7.89. The fraction of sp³-hybridized carbons (Fsp3) is 0.333. The molecule has 0 radical (unpaired) electrons. The second-order valence-corrected chi connectivity index (χ2v) is 7.22. The van der Waals surface area contributed by atoms with Gasteiger partial charge in [-0.25, -0.2) is 18.4 Å². The van der Waals surface area contributed by atoms with E-state index in [1.165, 1.54) is 4.31 Å². The molecule has 0 spiro atoms. The minimum Gasteiger partial charge on any atom is -0.368 e. The van der Waals surface area contributed by atoms with Crippen LogP contribution in [-0.2, 0) is 29.4 Å². The molecular formula is C15H18N4O2S. The van der Waals surface area contributed by atoms with Gasteiger partial charge in [-0.15, -0.1) is 0 Å². The van der Waals surface area contributed by atoms with E-state index in [0.717, 1.165) is 17.5 Å². The van der Waals surface area contributed by atoms with Crippen LogP contribution in [0, 0.1) is 0 Å². The molecular weight excluding hydrogens is 300 g/mol. The summed E-state index contributed by atoms with van der Waals surface area (Å²) < 4.78 is 26.9. The molecule has 0 amide bonds. The first kappa shape index (κ1) is 14.9. The molecule has 2 N–H and O–H groups in total. The summed E-state index contributed by atoms with van der Waals surface area (Å²) in [5, 5.41) is 0. The van der Waals surface area contributed by atoms with Gasteiger partial charge in [-0.05, 0) is 36.1 Å². The smallest absolute Gasteiger partial charge is 0.243 e. The number of aryl methyl sites for hydroxylation is 1. The van der Waals surface area contributed by atoms with Crippen molar-refractivity contribution in [3.8, 4) is 0 Å². The first-order chi connectivity index (χ1) is 10.5. The van der Waals surface area contributed by atoms with E-state index in [0.29, 0.717) is 23.6 Å². The van der Waals surface area contributed by atoms with E-state index in [4.69, 9.17) is 5.73 Å². The van der Waals surface area contributed by atoms with Crippen LogP contribution in [0.25, 0.3) is 0 Å². The van der Waals surface area contributed by atoms with Crippen LogP contribution in [0.5, 0.6) is 0 Å². The number of fused-ring (bicyclic) bond motifs is 1. The normalized spacial score (nSPS) is 15.5. The number of benzene rings is 1. The topological polar surface area (TPSA) is 89.2 Å². The maximum Gasteiger partial charge on any atom is 0.243 e. The number of aromatic nitrogens is 2. The van der Waals surface area contributed by atoms with E-state index in [9.17, 15) is 8.42 Å². The van der Waals surface area contributed by atoms with Crippen LogP contribution in [-0.4, -0.2) is 29.2 Å². The Labute approximate surface area is 130 Å². The molecule has 2 aromatic rings. The summed E-state index contributed by atoms with van der Waals surface area (Å²) in [5.41, 5.74) is 8.35. The molecule has 0 saturated heterocycles. The number of sulfonamides is 1. The monoisotopic (exact) mass is 318 g/mol. The number of rotatable bonds is 3. The number of hydrogen-bond donors (Lipinski definition) is 1. The lowest BCUT2D eigenvalue weighted by molar-refractivity contribution is 0.385. The van der Waals surface area contributed by atoms with Crippen molar-refractivity contribution in [3.05, 3.63) is 47.3 Å². The van der Waals surface area contributed by atoms with Gasteiger partial charge < -0.3 is 5.73 Å². The molecule has 2 heterocycles. The Kier molecular flexibility index (Phi) is 3.84. The van der Waals surface area contributed by atoms with Gasteiger partial charge in [0, 0.05) is 12.7 Å². The lowest BCUT2D eigenvalue weighted by Gasteiger charge is -2.27. The fourth-order valence-corrected chi connectivity index (χ4v) is 3.95. The minimum atomic E-state index is -3.51. The number of anilines is 1. The highest BCUT2D eigenvalue weighted by atomic mass is 32.2. The molecule has 1 aromatic carbocycles. The van der Waals surface area contributed by atoms with Crippen molar-refractivity contribution in [2.75, 3.05) is 12.3 Å². The van der Waals surface area contributed by atoms with Crippen molar-refractivity contribution in [3.63, 3.8) is 0 Å². The number of hydrogen-bond acceptors (Lipinski definition) is 5. The van der Waals surface area contributed by atoms with Gasteiger partial charge in [-0.3, -0.25) is 0 Å². The largest absolute Gasteiger partial charge is 0.368 e. The first-order valence-corrected chi connectivity index (χ1v) is 8.64. The van der Waals surface area contributed by atoms with Crippen LogP contribution >= 0.6 is 0 Å². The quantitative estimate of drug-likeness (QED) is 0.923. The summed E-state index contributed by atoms with van der Waals surface area (Å²) in [6.45, 7) is 2.70. The van der Waals surface area contributed by atoms with Crippen LogP contribution in [0.4, 0.5) is 5.95 Å². The molecule has 0 saturated carbocycles. The maximum absolute atomic E-state index is 12.7. The lowest BCUT2D eigenvalue weighted by atomic mass is 10.1. The third kappa shape index (κ3) is 2.69.